The average Bonchev–Trinajstić information content (AvgIpc) is 2.89. The first kappa shape index (κ1) is 12.7. The Kier molecular flexibility index (Phi) is 4.04. The lowest BCUT2D eigenvalue weighted by atomic mass is 10.1. The molecule has 1 amide bonds. The molecule has 1 atom stereocenters. The Hall–Kier alpha value is -1.75. The zero-order valence-electron chi connectivity index (χ0n) is 10.5. The van der Waals surface area contributed by atoms with Crippen molar-refractivity contribution in [2.75, 3.05) is 25.9 Å². The van der Waals surface area contributed by atoms with Crippen molar-refractivity contribution in [2.24, 2.45) is 0 Å². The Morgan fingerprint density at radius 2 is 2.44 bits per heavy atom. The molecule has 5 nitrogen and oxygen atoms in total. The standard InChI is InChI=1S/C13H19N3O2/c1-18-12-7-9(4-5-11(12)14)13(17)16-8-10-3-2-6-15-10/h4-5,7,10,15H,2-3,6,8,14H2,1H3,(H,16,17)/t10-/m0/s1. The molecule has 1 aromatic rings. The monoisotopic (exact) mass is 249 g/mol. The van der Waals surface area contributed by atoms with E-state index in [1.54, 1.807) is 18.2 Å². The van der Waals surface area contributed by atoms with Gasteiger partial charge in [-0.2, -0.15) is 0 Å². The number of hydrogen-bond acceptors (Lipinski definition) is 4. The summed E-state index contributed by atoms with van der Waals surface area (Å²) in [4.78, 5) is 11.9. The van der Waals surface area contributed by atoms with E-state index in [4.69, 9.17) is 10.5 Å². The van der Waals surface area contributed by atoms with E-state index in [1.807, 2.05) is 0 Å². The van der Waals surface area contributed by atoms with Crippen molar-refractivity contribution in [2.45, 2.75) is 18.9 Å². The number of hydrogen-bond donors (Lipinski definition) is 3. The van der Waals surface area contributed by atoms with Crippen LogP contribution in [0.15, 0.2) is 18.2 Å². The lowest BCUT2D eigenvalue weighted by molar-refractivity contribution is 0.0950. The third-order valence-corrected chi connectivity index (χ3v) is 3.17. The van der Waals surface area contributed by atoms with Gasteiger partial charge in [0.25, 0.3) is 5.91 Å². The second-order valence-electron chi connectivity index (χ2n) is 4.46. The molecule has 1 aromatic carbocycles. The number of amides is 1. The summed E-state index contributed by atoms with van der Waals surface area (Å²) in [5, 5.41) is 6.25. The van der Waals surface area contributed by atoms with Crippen LogP contribution in [-0.2, 0) is 0 Å². The van der Waals surface area contributed by atoms with E-state index in [0.29, 0.717) is 29.6 Å². The van der Waals surface area contributed by atoms with E-state index in [0.717, 1.165) is 13.0 Å². The first-order valence-corrected chi connectivity index (χ1v) is 6.16. The van der Waals surface area contributed by atoms with E-state index < -0.39 is 0 Å². The summed E-state index contributed by atoms with van der Waals surface area (Å²) < 4.78 is 5.10. The Morgan fingerprint density at radius 3 is 3.11 bits per heavy atom. The van der Waals surface area contributed by atoms with Crippen molar-refractivity contribution in [1.82, 2.24) is 10.6 Å². The number of nitrogen functional groups attached to an aromatic ring is 1. The molecule has 2 rings (SSSR count). The number of carbonyl (C=O) groups excluding carboxylic acids is 1. The van der Waals surface area contributed by atoms with Gasteiger partial charge in [-0.15, -0.1) is 0 Å². The summed E-state index contributed by atoms with van der Waals surface area (Å²) in [6.07, 6.45) is 2.29. The molecule has 98 valence electrons. The Labute approximate surface area is 107 Å². The van der Waals surface area contributed by atoms with Crippen molar-refractivity contribution < 1.29 is 9.53 Å². The number of nitrogens with two attached hydrogens (primary N) is 1. The van der Waals surface area contributed by atoms with Crippen molar-refractivity contribution in [1.29, 1.82) is 0 Å². The number of anilines is 1. The molecule has 1 fully saturated rings. The molecule has 4 N–H and O–H groups in total. The average molecular weight is 249 g/mol. The molecule has 1 aliphatic heterocycles. The Bertz CT molecular complexity index is 428. The maximum Gasteiger partial charge on any atom is 0.251 e. The first-order valence-electron chi connectivity index (χ1n) is 6.16. The van der Waals surface area contributed by atoms with Crippen molar-refractivity contribution in [3.05, 3.63) is 23.8 Å². The van der Waals surface area contributed by atoms with Gasteiger partial charge in [0.2, 0.25) is 0 Å². The molecular formula is C13H19N3O2. The predicted molar refractivity (Wildman–Crippen MR) is 70.8 cm³/mol. The summed E-state index contributed by atoms with van der Waals surface area (Å²) in [6.45, 7) is 1.70. The minimum atomic E-state index is -0.0954. The highest BCUT2D eigenvalue weighted by atomic mass is 16.5. The number of methoxy groups -OCH3 is 1. The van der Waals surface area contributed by atoms with Crippen LogP contribution in [0.4, 0.5) is 5.69 Å². The summed E-state index contributed by atoms with van der Waals surface area (Å²) in [7, 11) is 1.54. The molecule has 1 saturated heterocycles. The maximum absolute atomic E-state index is 11.9. The lowest BCUT2D eigenvalue weighted by Gasteiger charge is -2.12. The van der Waals surface area contributed by atoms with Crippen LogP contribution in [0.3, 0.4) is 0 Å². The minimum absolute atomic E-state index is 0.0954. The van der Waals surface area contributed by atoms with Crippen LogP contribution < -0.4 is 21.1 Å². The van der Waals surface area contributed by atoms with Gasteiger partial charge in [-0.3, -0.25) is 4.79 Å². The van der Waals surface area contributed by atoms with E-state index in [-0.39, 0.29) is 5.91 Å². The zero-order valence-corrected chi connectivity index (χ0v) is 10.5. The summed E-state index contributed by atoms with van der Waals surface area (Å²) in [5.41, 5.74) is 6.81. The Balaban J connectivity index is 1.95. The van der Waals surface area contributed by atoms with Crippen LogP contribution in [0.5, 0.6) is 5.75 Å². The number of nitrogens with one attached hydrogen (secondary N) is 2. The molecule has 0 unspecified atom stereocenters. The number of carbonyl (C=O) groups is 1. The quantitative estimate of drug-likeness (QED) is 0.689. The third-order valence-electron chi connectivity index (χ3n) is 3.17. The van der Waals surface area contributed by atoms with Gasteiger partial charge in [0.05, 0.1) is 12.8 Å². The van der Waals surface area contributed by atoms with Crippen molar-refractivity contribution in [3.8, 4) is 5.75 Å². The predicted octanol–water partition coefficient (Wildman–Crippen LogP) is 0.759. The maximum atomic E-state index is 11.9. The van der Waals surface area contributed by atoms with Crippen LogP contribution in [0, 0.1) is 0 Å². The van der Waals surface area contributed by atoms with Crippen molar-refractivity contribution in [3.63, 3.8) is 0 Å². The number of ether oxygens (including phenoxy) is 1. The molecule has 0 aromatic heterocycles. The summed E-state index contributed by atoms with van der Waals surface area (Å²) >= 11 is 0. The molecule has 0 bridgehead atoms. The topological polar surface area (TPSA) is 76.4 Å². The van der Waals surface area contributed by atoms with Crippen LogP contribution >= 0.6 is 0 Å². The smallest absolute Gasteiger partial charge is 0.251 e. The Morgan fingerprint density at radius 1 is 1.61 bits per heavy atom. The highest BCUT2D eigenvalue weighted by Crippen LogP contribution is 2.22. The third kappa shape index (κ3) is 2.92. The van der Waals surface area contributed by atoms with E-state index >= 15 is 0 Å². The SMILES string of the molecule is COc1cc(C(=O)NC[C@@H]2CCCN2)ccc1N. The molecule has 0 spiro atoms. The van der Waals surface area contributed by atoms with Gasteiger partial charge in [-0.1, -0.05) is 0 Å². The highest BCUT2D eigenvalue weighted by molar-refractivity contribution is 5.95. The first-order chi connectivity index (χ1) is 8.70. The van der Waals surface area contributed by atoms with Gasteiger partial charge in [0.1, 0.15) is 5.75 Å². The largest absolute Gasteiger partial charge is 0.495 e. The zero-order chi connectivity index (χ0) is 13.0. The molecular weight excluding hydrogens is 230 g/mol. The minimum Gasteiger partial charge on any atom is -0.495 e. The highest BCUT2D eigenvalue weighted by Gasteiger charge is 2.15. The van der Waals surface area contributed by atoms with Crippen molar-refractivity contribution >= 4 is 11.6 Å². The van der Waals surface area contributed by atoms with Gasteiger partial charge in [0.15, 0.2) is 0 Å². The fourth-order valence-electron chi connectivity index (χ4n) is 2.10. The summed E-state index contributed by atoms with van der Waals surface area (Å²) in [5.74, 6) is 0.434. The summed E-state index contributed by atoms with van der Waals surface area (Å²) in [6, 6.07) is 5.44. The van der Waals surface area contributed by atoms with Gasteiger partial charge >= 0.3 is 0 Å². The van der Waals surface area contributed by atoms with E-state index in [1.165, 1.54) is 13.5 Å². The molecule has 1 aliphatic rings. The second-order valence-corrected chi connectivity index (χ2v) is 4.46. The van der Waals surface area contributed by atoms with Gasteiger partial charge in [-0.05, 0) is 37.6 Å². The molecule has 5 heteroatoms. The molecule has 18 heavy (non-hydrogen) atoms. The molecule has 0 aliphatic carbocycles. The van der Waals surface area contributed by atoms with Gasteiger partial charge in [-0.25, -0.2) is 0 Å². The van der Waals surface area contributed by atoms with Gasteiger partial charge in [0, 0.05) is 18.2 Å². The van der Waals surface area contributed by atoms with E-state index in [9.17, 15) is 4.79 Å². The van der Waals surface area contributed by atoms with Crippen LogP contribution in [0.1, 0.15) is 23.2 Å². The normalized spacial score (nSPS) is 18.6. The van der Waals surface area contributed by atoms with Crippen LogP contribution in [-0.4, -0.2) is 32.1 Å². The fourth-order valence-corrected chi connectivity index (χ4v) is 2.10. The van der Waals surface area contributed by atoms with Crippen LogP contribution in [0.2, 0.25) is 0 Å². The number of benzene rings is 1. The van der Waals surface area contributed by atoms with E-state index in [2.05, 4.69) is 10.6 Å². The molecule has 0 radical (unpaired) electrons. The second kappa shape index (κ2) is 5.73. The lowest BCUT2D eigenvalue weighted by Crippen LogP contribution is -2.37. The molecule has 0 saturated carbocycles. The van der Waals surface area contributed by atoms with Crippen LogP contribution in [0.25, 0.3) is 0 Å². The molecule has 1 heterocycles. The fraction of sp³-hybridized carbons (Fsp3) is 0.462. The number of rotatable bonds is 4. The van der Waals surface area contributed by atoms with Gasteiger partial charge < -0.3 is 21.1 Å².